The Balaban J connectivity index is 1.76. The number of anilines is 1. The zero-order valence-corrected chi connectivity index (χ0v) is 16.7. The molecule has 3 rings (SSSR count). The van der Waals surface area contributed by atoms with Crippen LogP contribution in [0, 0.1) is 6.92 Å². The first-order valence-corrected chi connectivity index (χ1v) is 9.72. The van der Waals surface area contributed by atoms with Crippen molar-refractivity contribution in [3.05, 3.63) is 53.3 Å². The highest BCUT2D eigenvalue weighted by Crippen LogP contribution is 2.30. The molecule has 0 aliphatic carbocycles. The molecule has 0 atom stereocenters. The first-order chi connectivity index (χ1) is 13.5. The molecule has 0 saturated carbocycles. The summed E-state index contributed by atoms with van der Waals surface area (Å²) in [6.45, 7) is 5.25. The molecular weight excluding hydrogens is 354 g/mol. The summed E-state index contributed by atoms with van der Waals surface area (Å²) in [4.78, 5) is 31.4. The second-order valence-electron chi connectivity index (χ2n) is 7.08. The van der Waals surface area contributed by atoms with Crippen LogP contribution in [0.3, 0.4) is 0 Å². The number of amides is 2. The van der Waals surface area contributed by atoms with Gasteiger partial charge in [0.05, 0.1) is 18.4 Å². The maximum atomic E-state index is 12.9. The van der Waals surface area contributed by atoms with E-state index < -0.39 is 0 Å². The number of aryl methyl sites for hydroxylation is 1. The predicted molar refractivity (Wildman–Crippen MR) is 109 cm³/mol. The van der Waals surface area contributed by atoms with Crippen molar-refractivity contribution >= 4 is 17.5 Å². The van der Waals surface area contributed by atoms with Crippen LogP contribution in [0.25, 0.3) is 0 Å². The minimum Gasteiger partial charge on any atom is -0.497 e. The van der Waals surface area contributed by atoms with E-state index in [0.717, 1.165) is 30.0 Å². The molecule has 2 heterocycles. The minimum atomic E-state index is -0.167. The Morgan fingerprint density at radius 3 is 2.43 bits per heavy atom. The van der Waals surface area contributed by atoms with Crippen LogP contribution in [0.2, 0.25) is 0 Å². The van der Waals surface area contributed by atoms with Gasteiger partial charge < -0.3 is 15.0 Å². The number of rotatable bonds is 5. The third-order valence-electron chi connectivity index (χ3n) is 5.19. The van der Waals surface area contributed by atoms with E-state index in [4.69, 9.17) is 9.72 Å². The van der Waals surface area contributed by atoms with Crippen molar-refractivity contribution in [3.63, 3.8) is 0 Å². The van der Waals surface area contributed by atoms with Crippen LogP contribution in [0.15, 0.2) is 36.4 Å². The molecule has 1 saturated heterocycles. The number of pyridine rings is 1. The minimum absolute atomic E-state index is 0.167. The molecule has 1 aliphatic rings. The maximum Gasteiger partial charge on any atom is 0.257 e. The fraction of sp³-hybridized carbons (Fsp3) is 0.409. The molecule has 1 N–H and O–H groups in total. The molecular formula is C22H27N3O3. The monoisotopic (exact) mass is 381 g/mol. The summed E-state index contributed by atoms with van der Waals surface area (Å²) in [5.41, 5.74) is 3.03. The Morgan fingerprint density at radius 2 is 1.82 bits per heavy atom. The van der Waals surface area contributed by atoms with E-state index in [2.05, 4.69) is 5.32 Å². The highest BCUT2D eigenvalue weighted by atomic mass is 16.5. The van der Waals surface area contributed by atoms with Gasteiger partial charge in [-0.25, -0.2) is 0 Å². The summed E-state index contributed by atoms with van der Waals surface area (Å²) in [6, 6.07) is 11.0. The van der Waals surface area contributed by atoms with Gasteiger partial charge in [-0.05, 0) is 56.2 Å². The molecule has 1 aromatic carbocycles. The molecule has 1 aliphatic heterocycles. The van der Waals surface area contributed by atoms with Crippen molar-refractivity contribution in [2.75, 3.05) is 25.5 Å². The highest BCUT2D eigenvalue weighted by molar-refractivity contribution is 6.05. The number of nitrogens with one attached hydrogen (secondary N) is 1. The zero-order chi connectivity index (χ0) is 20.1. The smallest absolute Gasteiger partial charge is 0.257 e. The fourth-order valence-corrected chi connectivity index (χ4v) is 3.58. The van der Waals surface area contributed by atoms with Gasteiger partial charge in [-0.1, -0.05) is 6.92 Å². The second kappa shape index (κ2) is 8.87. The summed E-state index contributed by atoms with van der Waals surface area (Å²) < 4.78 is 5.15. The van der Waals surface area contributed by atoms with Gasteiger partial charge in [0.2, 0.25) is 5.91 Å². The number of methoxy groups -OCH3 is 1. The number of benzene rings is 1. The number of carbonyl (C=O) groups is 2. The molecule has 2 aromatic rings. The lowest BCUT2D eigenvalue weighted by Crippen LogP contribution is -2.38. The Labute approximate surface area is 165 Å². The van der Waals surface area contributed by atoms with Crippen molar-refractivity contribution in [2.24, 2.45) is 0 Å². The van der Waals surface area contributed by atoms with E-state index in [1.54, 1.807) is 7.11 Å². The summed E-state index contributed by atoms with van der Waals surface area (Å²) in [7, 11) is 1.61. The van der Waals surface area contributed by atoms with Crippen LogP contribution in [0.1, 0.15) is 53.8 Å². The standard InChI is InChI=1S/C22H27N3O3/c1-4-20(26)25-13-11-16(12-14-25)21-19(10-5-15(2)23-21)22(27)24-17-6-8-18(28-3)9-7-17/h5-10,16H,4,11-14H2,1-3H3,(H,24,27). The number of ether oxygens (including phenoxy) is 1. The highest BCUT2D eigenvalue weighted by Gasteiger charge is 2.27. The van der Waals surface area contributed by atoms with Crippen molar-refractivity contribution in [2.45, 2.75) is 39.0 Å². The fourth-order valence-electron chi connectivity index (χ4n) is 3.58. The van der Waals surface area contributed by atoms with E-state index in [9.17, 15) is 9.59 Å². The van der Waals surface area contributed by atoms with Crippen LogP contribution in [-0.4, -0.2) is 41.9 Å². The van der Waals surface area contributed by atoms with Crippen LogP contribution >= 0.6 is 0 Å². The molecule has 1 aromatic heterocycles. The number of nitrogens with zero attached hydrogens (tertiary/aromatic N) is 2. The van der Waals surface area contributed by atoms with Crippen LogP contribution in [0.5, 0.6) is 5.75 Å². The number of aromatic nitrogens is 1. The normalized spacial score (nSPS) is 14.6. The quantitative estimate of drug-likeness (QED) is 0.856. The Kier molecular flexibility index (Phi) is 6.29. The Bertz CT molecular complexity index is 841. The van der Waals surface area contributed by atoms with Gasteiger partial charge >= 0.3 is 0 Å². The molecule has 0 unspecified atom stereocenters. The van der Waals surface area contributed by atoms with Crippen LogP contribution in [-0.2, 0) is 4.79 Å². The van der Waals surface area contributed by atoms with Crippen LogP contribution in [0.4, 0.5) is 5.69 Å². The largest absolute Gasteiger partial charge is 0.497 e. The number of carbonyl (C=O) groups excluding carboxylic acids is 2. The number of hydrogen-bond acceptors (Lipinski definition) is 4. The summed E-state index contributed by atoms with van der Waals surface area (Å²) in [5, 5.41) is 2.95. The van der Waals surface area contributed by atoms with E-state index in [0.29, 0.717) is 30.8 Å². The Morgan fingerprint density at radius 1 is 1.14 bits per heavy atom. The molecule has 6 nitrogen and oxygen atoms in total. The van der Waals surface area contributed by atoms with Gasteiger partial charge in [0.25, 0.3) is 5.91 Å². The number of hydrogen-bond donors (Lipinski definition) is 1. The molecule has 0 bridgehead atoms. The van der Waals surface area contributed by atoms with Gasteiger partial charge in [0.1, 0.15) is 5.75 Å². The first kappa shape index (κ1) is 19.9. The van der Waals surface area contributed by atoms with Gasteiger partial charge in [-0.15, -0.1) is 0 Å². The predicted octanol–water partition coefficient (Wildman–Crippen LogP) is 3.77. The average Bonchev–Trinajstić information content (AvgIpc) is 2.73. The van der Waals surface area contributed by atoms with Crippen molar-refractivity contribution < 1.29 is 14.3 Å². The number of piperidine rings is 1. The molecule has 148 valence electrons. The van der Waals surface area contributed by atoms with Gasteiger partial charge in [-0.3, -0.25) is 14.6 Å². The zero-order valence-electron chi connectivity index (χ0n) is 16.7. The lowest BCUT2D eigenvalue weighted by molar-refractivity contribution is -0.131. The summed E-state index contributed by atoms with van der Waals surface area (Å²) in [5.74, 6) is 0.939. The lowest BCUT2D eigenvalue weighted by Gasteiger charge is -2.32. The van der Waals surface area contributed by atoms with E-state index in [1.165, 1.54) is 0 Å². The van der Waals surface area contributed by atoms with Crippen molar-refractivity contribution in [1.29, 1.82) is 0 Å². The molecule has 0 radical (unpaired) electrons. The molecule has 6 heteroatoms. The van der Waals surface area contributed by atoms with E-state index >= 15 is 0 Å². The molecule has 1 fully saturated rings. The van der Waals surface area contributed by atoms with Gasteiger partial charge in [0, 0.05) is 36.8 Å². The first-order valence-electron chi connectivity index (χ1n) is 9.72. The van der Waals surface area contributed by atoms with E-state index in [1.807, 2.05) is 55.1 Å². The topological polar surface area (TPSA) is 71.5 Å². The van der Waals surface area contributed by atoms with Crippen LogP contribution < -0.4 is 10.1 Å². The maximum absolute atomic E-state index is 12.9. The molecule has 2 amide bonds. The second-order valence-corrected chi connectivity index (χ2v) is 7.08. The van der Waals surface area contributed by atoms with Crippen molar-refractivity contribution in [3.8, 4) is 5.75 Å². The third-order valence-corrected chi connectivity index (χ3v) is 5.19. The average molecular weight is 381 g/mol. The summed E-state index contributed by atoms with van der Waals surface area (Å²) >= 11 is 0. The SMILES string of the molecule is CCC(=O)N1CCC(c2nc(C)ccc2C(=O)Nc2ccc(OC)cc2)CC1. The van der Waals surface area contributed by atoms with Crippen molar-refractivity contribution in [1.82, 2.24) is 9.88 Å². The number of likely N-dealkylation sites (tertiary alicyclic amines) is 1. The van der Waals surface area contributed by atoms with E-state index in [-0.39, 0.29) is 17.7 Å². The lowest BCUT2D eigenvalue weighted by atomic mass is 9.89. The summed E-state index contributed by atoms with van der Waals surface area (Å²) in [6.07, 6.45) is 2.18. The molecule has 28 heavy (non-hydrogen) atoms. The Hall–Kier alpha value is -2.89. The van der Waals surface area contributed by atoms with Gasteiger partial charge in [0.15, 0.2) is 0 Å². The van der Waals surface area contributed by atoms with Gasteiger partial charge in [-0.2, -0.15) is 0 Å². The molecule has 0 spiro atoms. The third kappa shape index (κ3) is 4.50.